The first-order valence-electron chi connectivity index (χ1n) is 6.63. The molecule has 0 saturated carbocycles. The van der Waals surface area contributed by atoms with E-state index in [1.165, 1.54) is 14.2 Å². The van der Waals surface area contributed by atoms with E-state index in [0.29, 0.717) is 0 Å². The number of amides is 2. The molecule has 6 nitrogen and oxygen atoms in total. The molecule has 0 aromatic heterocycles. The third-order valence-corrected chi connectivity index (χ3v) is 3.04. The first-order chi connectivity index (χ1) is 9.45. The van der Waals surface area contributed by atoms with Gasteiger partial charge < -0.3 is 4.74 Å². The van der Waals surface area contributed by atoms with Crippen LogP contribution in [0, 0.1) is 0 Å². The van der Waals surface area contributed by atoms with Crippen molar-refractivity contribution >= 4 is 12.0 Å². The fourth-order valence-electron chi connectivity index (χ4n) is 2.05. The molecule has 8 heteroatoms. The van der Waals surface area contributed by atoms with Crippen LogP contribution in [0.1, 0.15) is 33.6 Å². The Morgan fingerprint density at radius 1 is 1.38 bits per heavy atom. The van der Waals surface area contributed by atoms with Crippen LogP contribution >= 0.6 is 0 Å². The van der Waals surface area contributed by atoms with Crippen molar-refractivity contribution in [1.29, 1.82) is 0 Å². The van der Waals surface area contributed by atoms with Gasteiger partial charge in [0.05, 0.1) is 13.7 Å². The zero-order valence-electron chi connectivity index (χ0n) is 13.0. The highest BCUT2D eigenvalue weighted by molar-refractivity contribution is 5.77. The summed E-state index contributed by atoms with van der Waals surface area (Å²) in [5.41, 5.74) is -0.785. The minimum atomic E-state index is -3.02. The number of carbonyl (C=O) groups is 2. The second-order valence-corrected chi connectivity index (χ2v) is 6.10. The van der Waals surface area contributed by atoms with E-state index in [1.807, 2.05) is 0 Å². The third-order valence-electron chi connectivity index (χ3n) is 3.04. The zero-order chi connectivity index (χ0) is 16.4. The van der Waals surface area contributed by atoms with Gasteiger partial charge in [0, 0.05) is 25.9 Å². The highest BCUT2D eigenvalue weighted by Crippen LogP contribution is 2.34. The number of hydrogen-bond donors (Lipinski definition) is 0. The van der Waals surface area contributed by atoms with Gasteiger partial charge in [-0.2, -0.15) is 0 Å². The minimum absolute atomic E-state index is 0.237. The van der Waals surface area contributed by atoms with Gasteiger partial charge in [-0.25, -0.2) is 18.6 Å². The normalized spacial score (nSPS) is 21.3. The quantitative estimate of drug-likeness (QED) is 0.749. The molecule has 0 aromatic rings. The maximum atomic E-state index is 13.6. The number of hydroxylamine groups is 2. The van der Waals surface area contributed by atoms with E-state index in [0.717, 1.165) is 9.96 Å². The lowest BCUT2D eigenvalue weighted by Gasteiger charge is -2.28. The largest absolute Gasteiger partial charge is 0.444 e. The van der Waals surface area contributed by atoms with E-state index in [2.05, 4.69) is 0 Å². The van der Waals surface area contributed by atoms with E-state index >= 15 is 0 Å². The van der Waals surface area contributed by atoms with E-state index in [1.54, 1.807) is 20.8 Å². The summed E-state index contributed by atoms with van der Waals surface area (Å²) in [5.74, 6) is -3.50. The molecular weight excluding hydrogens is 286 g/mol. The first-order valence-corrected chi connectivity index (χ1v) is 6.63. The van der Waals surface area contributed by atoms with Crippen LogP contribution in [0.5, 0.6) is 0 Å². The number of hydrogen-bond acceptors (Lipinski definition) is 4. The number of halogens is 2. The average Bonchev–Trinajstić information content (AvgIpc) is 2.61. The van der Waals surface area contributed by atoms with Crippen molar-refractivity contribution in [2.24, 2.45) is 0 Å². The molecule has 0 radical (unpaired) electrons. The van der Waals surface area contributed by atoms with Gasteiger partial charge in [0.2, 0.25) is 5.91 Å². The topological polar surface area (TPSA) is 59.1 Å². The number of nitrogens with zero attached hydrogens (tertiary/aromatic N) is 2. The summed E-state index contributed by atoms with van der Waals surface area (Å²) in [6.07, 6.45) is -1.63. The molecule has 1 saturated heterocycles. The highest BCUT2D eigenvalue weighted by atomic mass is 19.3. The molecule has 2 amide bonds. The highest BCUT2D eigenvalue weighted by Gasteiger charge is 2.48. The lowest BCUT2D eigenvalue weighted by atomic mass is 10.1. The molecular formula is C13H22F2N2O4. The molecule has 1 heterocycles. The molecule has 1 aliphatic rings. The molecule has 1 atom stereocenters. The molecule has 1 fully saturated rings. The SMILES string of the molecule is CON(C)C(=O)CC1CC(F)(F)CN1C(=O)OC(C)(C)C. The van der Waals surface area contributed by atoms with Crippen LogP contribution in [-0.2, 0) is 14.4 Å². The molecule has 122 valence electrons. The van der Waals surface area contributed by atoms with Gasteiger partial charge in [-0.3, -0.25) is 14.5 Å². The van der Waals surface area contributed by atoms with Gasteiger partial charge in [0.25, 0.3) is 5.92 Å². The number of likely N-dealkylation sites (tertiary alicyclic amines) is 1. The Bertz CT molecular complexity index is 409. The number of alkyl halides is 2. The van der Waals surface area contributed by atoms with Crippen LogP contribution in [0.25, 0.3) is 0 Å². The van der Waals surface area contributed by atoms with Crippen molar-refractivity contribution in [2.75, 3.05) is 20.7 Å². The van der Waals surface area contributed by atoms with Crippen LogP contribution < -0.4 is 0 Å². The van der Waals surface area contributed by atoms with Crippen molar-refractivity contribution in [1.82, 2.24) is 9.96 Å². The van der Waals surface area contributed by atoms with Crippen molar-refractivity contribution in [2.45, 2.75) is 51.2 Å². The lowest BCUT2D eigenvalue weighted by Crippen LogP contribution is -2.42. The fraction of sp³-hybridized carbons (Fsp3) is 0.846. The van der Waals surface area contributed by atoms with Crippen LogP contribution in [0.4, 0.5) is 13.6 Å². The second kappa shape index (κ2) is 6.13. The summed E-state index contributed by atoms with van der Waals surface area (Å²) in [4.78, 5) is 29.4. The molecule has 1 unspecified atom stereocenters. The van der Waals surface area contributed by atoms with E-state index < -0.39 is 42.5 Å². The Morgan fingerprint density at radius 2 is 1.95 bits per heavy atom. The number of carbonyl (C=O) groups excluding carboxylic acids is 2. The van der Waals surface area contributed by atoms with Gasteiger partial charge in [0.15, 0.2) is 0 Å². The third kappa shape index (κ3) is 5.11. The number of ether oxygens (including phenoxy) is 1. The summed E-state index contributed by atoms with van der Waals surface area (Å²) in [7, 11) is 2.68. The Labute approximate surface area is 122 Å². The monoisotopic (exact) mass is 308 g/mol. The first kappa shape index (κ1) is 17.6. The Morgan fingerprint density at radius 3 is 2.43 bits per heavy atom. The molecule has 1 rings (SSSR count). The van der Waals surface area contributed by atoms with Crippen LogP contribution in [0.3, 0.4) is 0 Å². The van der Waals surface area contributed by atoms with E-state index in [4.69, 9.17) is 9.57 Å². The minimum Gasteiger partial charge on any atom is -0.444 e. The molecule has 0 bridgehead atoms. The number of rotatable bonds is 3. The Balaban J connectivity index is 2.79. The van der Waals surface area contributed by atoms with Gasteiger partial charge >= 0.3 is 6.09 Å². The standard InChI is InChI=1S/C13H22F2N2O4/c1-12(2,3)21-11(19)17-8-13(14,15)7-9(17)6-10(18)16(4)20-5/h9H,6-8H2,1-5H3. The van der Waals surface area contributed by atoms with Crippen molar-refractivity contribution in [3.63, 3.8) is 0 Å². The van der Waals surface area contributed by atoms with Gasteiger partial charge in [-0.15, -0.1) is 0 Å². The van der Waals surface area contributed by atoms with E-state index in [9.17, 15) is 18.4 Å². The predicted molar refractivity (Wildman–Crippen MR) is 70.7 cm³/mol. The Kier molecular flexibility index (Phi) is 5.14. The summed E-state index contributed by atoms with van der Waals surface area (Å²) in [5, 5.41) is 0.948. The summed E-state index contributed by atoms with van der Waals surface area (Å²) < 4.78 is 32.2. The molecule has 0 spiro atoms. The molecule has 21 heavy (non-hydrogen) atoms. The van der Waals surface area contributed by atoms with Gasteiger partial charge in [-0.05, 0) is 20.8 Å². The van der Waals surface area contributed by atoms with Crippen molar-refractivity contribution < 1.29 is 27.9 Å². The van der Waals surface area contributed by atoms with E-state index in [-0.39, 0.29) is 6.42 Å². The van der Waals surface area contributed by atoms with Crippen LogP contribution in [-0.4, -0.2) is 60.2 Å². The molecule has 0 N–H and O–H groups in total. The van der Waals surface area contributed by atoms with Gasteiger partial charge in [-0.1, -0.05) is 0 Å². The summed E-state index contributed by atoms with van der Waals surface area (Å²) in [6, 6.07) is -0.903. The summed E-state index contributed by atoms with van der Waals surface area (Å²) >= 11 is 0. The molecule has 0 aliphatic carbocycles. The van der Waals surface area contributed by atoms with Crippen LogP contribution in [0.15, 0.2) is 0 Å². The van der Waals surface area contributed by atoms with Crippen LogP contribution in [0.2, 0.25) is 0 Å². The average molecular weight is 308 g/mol. The maximum Gasteiger partial charge on any atom is 0.410 e. The predicted octanol–water partition coefficient (Wildman–Crippen LogP) is 2.04. The fourth-order valence-corrected chi connectivity index (χ4v) is 2.05. The Hall–Kier alpha value is -1.44. The second-order valence-electron chi connectivity index (χ2n) is 6.10. The maximum absolute atomic E-state index is 13.6. The molecule has 0 aromatic carbocycles. The smallest absolute Gasteiger partial charge is 0.410 e. The zero-order valence-corrected chi connectivity index (χ0v) is 13.0. The lowest BCUT2D eigenvalue weighted by molar-refractivity contribution is -0.169. The van der Waals surface area contributed by atoms with Crippen molar-refractivity contribution in [3.05, 3.63) is 0 Å². The van der Waals surface area contributed by atoms with Gasteiger partial charge in [0.1, 0.15) is 5.60 Å². The molecule has 1 aliphatic heterocycles. The van der Waals surface area contributed by atoms with Crippen molar-refractivity contribution in [3.8, 4) is 0 Å². The summed E-state index contributed by atoms with van der Waals surface area (Å²) in [6.45, 7) is 4.21.